The number of thioether (sulfide) groups is 1. The number of thiol groups is 5. The molecule has 4 unspecified atom stereocenters. The highest BCUT2D eigenvalue weighted by molar-refractivity contribution is 8.01. The van der Waals surface area contributed by atoms with Crippen molar-refractivity contribution >= 4 is 87.3 Å². The molecule has 0 saturated heterocycles. The third kappa shape index (κ3) is 13.9. The molecule has 6 nitrogen and oxygen atoms in total. The molecule has 0 aliphatic heterocycles. The van der Waals surface area contributed by atoms with E-state index in [4.69, 9.17) is 5.73 Å². The number of hydrogen-bond donors (Lipinski definition) is 11. The molecular weight excluding hydrogens is 466 g/mol. The third-order valence-electron chi connectivity index (χ3n) is 2.81. The van der Waals surface area contributed by atoms with E-state index in [1.807, 2.05) is 0 Å². The van der Waals surface area contributed by atoms with Gasteiger partial charge in [0.25, 0.3) is 0 Å². The second-order valence-corrected chi connectivity index (χ2v) is 8.47. The van der Waals surface area contributed by atoms with Gasteiger partial charge in [0.15, 0.2) is 0 Å². The topological polar surface area (TPSA) is 127 Å². The molecule has 0 bridgehead atoms. The van der Waals surface area contributed by atoms with Gasteiger partial charge in [-0.3, -0.25) is 0 Å². The zero-order valence-corrected chi connectivity index (χ0v) is 19.6. The summed E-state index contributed by atoms with van der Waals surface area (Å²) in [5, 5.41) is 48.2. The lowest BCUT2D eigenvalue weighted by Gasteiger charge is -2.33. The number of halogens is 1. The normalized spacial score (nSPS) is 19.3. The molecule has 0 aliphatic carbocycles. The van der Waals surface area contributed by atoms with Crippen molar-refractivity contribution in [2.45, 2.75) is 40.4 Å². The molecule has 6 atom stereocenters. The van der Waals surface area contributed by atoms with E-state index in [2.05, 4.69) is 63.1 Å². The fraction of sp³-hybridized carbons (Fsp3) is 1.00. The number of aliphatic hydroxyl groups excluding tert-OH is 4. The van der Waals surface area contributed by atoms with Gasteiger partial charge in [-0.2, -0.15) is 63.1 Å². The summed E-state index contributed by atoms with van der Waals surface area (Å²) in [6.45, 7) is 0.684. The molecular formula is C12H30ClNO5S6. The first-order chi connectivity index (χ1) is 11.1. The van der Waals surface area contributed by atoms with Crippen LogP contribution < -0.4 is 5.73 Å². The van der Waals surface area contributed by atoms with E-state index >= 15 is 0 Å². The van der Waals surface area contributed by atoms with Crippen LogP contribution in [-0.2, 0) is 0 Å². The van der Waals surface area contributed by atoms with E-state index in [1.54, 1.807) is 0 Å². The second-order valence-electron chi connectivity index (χ2n) is 4.83. The van der Waals surface area contributed by atoms with Crippen molar-refractivity contribution in [1.29, 1.82) is 0 Å². The largest absolute Gasteiger partial charge is 0.390 e. The molecule has 0 aromatic heterocycles. The minimum absolute atomic E-state index is 0. The number of rotatable bonds is 11. The Hall–Kier alpha value is 2.15. The van der Waals surface area contributed by atoms with Gasteiger partial charge in [-0.05, 0) is 6.42 Å². The predicted molar refractivity (Wildman–Crippen MR) is 126 cm³/mol. The maximum atomic E-state index is 10.1. The first kappa shape index (κ1) is 31.8. The van der Waals surface area contributed by atoms with E-state index in [0.29, 0.717) is 6.54 Å². The molecule has 0 amide bonds. The van der Waals surface area contributed by atoms with Crippen LogP contribution in [0.3, 0.4) is 0 Å². The van der Waals surface area contributed by atoms with Crippen molar-refractivity contribution < 1.29 is 25.5 Å². The molecule has 0 spiro atoms. The molecule has 0 radical (unpaired) electrons. The van der Waals surface area contributed by atoms with Gasteiger partial charge in [0, 0.05) is 34.8 Å². The summed E-state index contributed by atoms with van der Waals surface area (Å²) in [4.78, 5) is -1.65. The van der Waals surface area contributed by atoms with Gasteiger partial charge in [0.2, 0.25) is 0 Å². The quantitative estimate of drug-likeness (QED) is 0.139. The first-order valence-electron chi connectivity index (χ1n) is 7.07. The van der Waals surface area contributed by atoms with Gasteiger partial charge in [-0.1, -0.05) is 11.8 Å². The van der Waals surface area contributed by atoms with Gasteiger partial charge in [-0.25, -0.2) is 0 Å². The minimum Gasteiger partial charge on any atom is -0.390 e. The molecule has 0 aromatic carbocycles. The molecule has 7 N–H and O–H groups in total. The van der Waals surface area contributed by atoms with Crippen LogP contribution in [-0.4, -0.2) is 89.0 Å². The SMILES string of the molecule is Cl.NCCS.OC(CC(S)C(O)C(O)CS)S[C@](O)(CS)[C@H](O)CS. The average Bonchev–Trinajstić information content (AvgIpc) is 2.59. The molecule has 156 valence electrons. The Morgan fingerprint density at radius 1 is 1.00 bits per heavy atom. The average molecular weight is 496 g/mol. The van der Waals surface area contributed by atoms with Crippen molar-refractivity contribution in [2.75, 3.05) is 29.6 Å². The van der Waals surface area contributed by atoms with Gasteiger partial charge in [0.1, 0.15) is 16.5 Å². The highest BCUT2D eigenvalue weighted by Crippen LogP contribution is 2.34. The Balaban J connectivity index is -0.000000867. The number of hydrogen-bond acceptors (Lipinski definition) is 12. The minimum atomic E-state index is -1.65. The summed E-state index contributed by atoms with van der Waals surface area (Å²) in [5.74, 6) is 0.804. The molecule has 0 fully saturated rings. The van der Waals surface area contributed by atoms with Gasteiger partial charge in [-0.15, -0.1) is 12.4 Å². The van der Waals surface area contributed by atoms with Crippen molar-refractivity contribution in [3.8, 4) is 0 Å². The lowest BCUT2D eigenvalue weighted by atomic mass is 10.1. The Bertz CT molecular complexity index is 313. The fourth-order valence-electron chi connectivity index (χ4n) is 1.36. The van der Waals surface area contributed by atoms with E-state index in [1.165, 1.54) is 0 Å². The molecule has 13 heteroatoms. The summed E-state index contributed by atoms with van der Waals surface area (Å²) < 4.78 is 0. The zero-order chi connectivity index (χ0) is 19.3. The third-order valence-corrected chi connectivity index (χ3v) is 6.29. The summed E-state index contributed by atoms with van der Waals surface area (Å²) in [7, 11) is 0. The van der Waals surface area contributed by atoms with Crippen LogP contribution in [0.5, 0.6) is 0 Å². The van der Waals surface area contributed by atoms with Crippen LogP contribution in [0, 0.1) is 0 Å². The van der Waals surface area contributed by atoms with Gasteiger partial charge < -0.3 is 31.3 Å². The van der Waals surface area contributed by atoms with Crippen LogP contribution in [0.25, 0.3) is 0 Å². The summed E-state index contributed by atoms with van der Waals surface area (Å²) in [6, 6.07) is 0. The Morgan fingerprint density at radius 3 is 1.80 bits per heavy atom. The molecule has 0 aromatic rings. The Kier molecular flexibility index (Phi) is 23.2. The standard InChI is InChI=1S/C10H22O5S5.C2H7NS.ClH/c11-5(2-16)9(14)6(19)1-8(13)20-10(15,4-18)7(12)3-17;3-1-2-4;/h5-9,11-19H,1-4H2;4H,1-3H2;1H/t5?,6?,7-,8?,9?,10-;;/m1../s1. The van der Waals surface area contributed by atoms with E-state index < -0.39 is 33.9 Å². The van der Waals surface area contributed by atoms with Gasteiger partial charge >= 0.3 is 0 Å². The van der Waals surface area contributed by atoms with Crippen molar-refractivity contribution in [2.24, 2.45) is 5.73 Å². The monoisotopic (exact) mass is 495 g/mol. The van der Waals surface area contributed by atoms with Crippen LogP contribution in [0.15, 0.2) is 0 Å². The highest BCUT2D eigenvalue weighted by atomic mass is 35.5. The maximum absolute atomic E-state index is 10.1. The molecule has 0 heterocycles. The van der Waals surface area contributed by atoms with E-state index in [0.717, 1.165) is 17.5 Å². The highest BCUT2D eigenvalue weighted by Gasteiger charge is 2.37. The maximum Gasteiger partial charge on any atom is 0.148 e. The zero-order valence-electron chi connectivity index (χ0n) is 13.5. The van der Waals surface area contributed by atoms with E-state index in [-0.39, 0.29) is 36.1 Å². The van der Waals surface area contributed by atoms with Crippen LogP contribution in [0.2, 0.25) is 0 Å². The lowest BCUT2D eigenvalue weighted by molar-refractivity contribution is 0.0189. The summed E-state index contributed by atoms with van der Waals surface area (Å²) in [5.41, 5.74) is 3.86. The molecule has 25 heavy (non-hydrogen) atoms. The summed E-state index contributed by atoms with van der Waals surface area (Å²) >= 11 is 20.3. The predicted octanol–water partition coefficient (Wildman–Crippen LogP) is -0.416. The van der Waals surface area contributed by atoms with Crippen LogP contribution in [0.4, 0.5) is 0 Å². The second kappa shape index (κ2) is 18.2. The fourth-order valence-corrected chi connectivity index (χ4v) is 4.06. The van der Waals surface area contributed by atoms with Crippen molar-refractivity contribution in [3.05, 3.63) is 0 Å². The first-order valence-corrected chi connectivity index (χ1v) is 11.0. The molecule has 0 aliphatic rings. The Labute approximate surface area is 187 Å². The van der Waals surface area contributed by atoms with Gasteiger partial charge in [0.05, 0.1) is 12.2 Å². The van der Waals surface area contributed by atoms with Crippen molar-refractivity contribution in [1.82, 2.24) is 0 Å². The smallest absolute Gasteiger partial charge is 0.148 e. The number of aliphatic hydroxyl groups is 5. The lowest BCUT2D eigenvalue weighted by Crippen LogP contribution is -2.44. The molecule has 0 rings (SSSR count). The molecule has 0 saturated carbocycles. The summed E-state index contributed by atoms with van der Waals surface area (Å²) in [6.07, 6.45) is -3.35. The van der Waals surface area contributed by atoms with Crippen LogP contribution in [0.1, 0.15) is 6.42 Å². The Morgan fingerprint density at radius 2 is 1.48 bits per heavy atom. The van der Waals surface area contributed by atoms with E-state index in [9.17, 15) is 25.5 Å². The van der Waals surface area contributed by atoms with Crippen molar-refractivity contribution in [3.63, 3.8) is 0 Å². The number of nitrogens with two attached hydrogens (primary N) is 1. The van der Waals surface area contributed by atoms with Crippen LogP contribution >= 0.6 is 87.3 Å².